The molecule has 0 saturated carbocycles. The van der Waals surface area contributed by atoms with E-state index in [0.29, 0.717) is 29.6 Å². The molecule has 0 aliphatic carbocycles. The van der Waals surface area contributed by atoms with Crippen LogP contribution in [0.4, 0.5) is 0 Å². The predicted octanol–water partition coefficient (Wildman–Crippen LogP) is 2.04. The first-order valence-electron chi connectivity index (χ1n) is 6.61. The Hall–Kier alpha value is -2.08. The molecule has 0 atom stereocenters. The third kappa shape index (κ3) is 3.33. The Morgan fingerprint density at radius 1 is 1.48 bits per heavy atom. The first-order chi connectivity index (χ1) is 10.1. The summed E-state index contributed by atoms with van der Waals surface area (Å²) in [7, 11) is 1.58. The number of benzene rings is 1. The largest absolute Gasteiger partial charge is 0.496 e. The molecule has 0 aliphatic rings. The number of amides is 1. The van der Waals surface area contributed by atoms with Crippen LogP contribution >= 0.6 is 11.6 Å². The third-order valence-corrected chi connectivity index (χ3v) is 3.40. The second-order valence-corrected chi connectivity index (χ2v) is 4.95. The topological polar surface area (TPSA) is 83.0 Å². The van der Waals surface area contributed by atoms with E-state index in [9.17, 15) is 4.79 Å². The molecule has 2 rings (SSSR count). The summed E-state index contributed by atoms with van der Waals surface area (Å²) in [5.74, 6) is 0.746. The van der Waals surface area contributed by atoms with E-state index in [1.165, 1.54) is 0 Å². The highest BCUT2D eigenvalue weighted by Gasteiger charge is 2.16. The number of nitrogens with two attached hydrogens (primary N) is 1. The molecular weight excluding hydrogens is 292 g/mol. The third-order valence-electron chi connectivity index (χ3n) is 3.05. The van der Waals surface area contributed by atoms with Crippen LogP contribution in [0.25, 0.3) is 0 Å². The Labute approximate surface area is 127 Å². The highest BCUT2D eigenvalue weighted by atomic mass is 35.5. The number of aryl methyl sites for hydroxylation is 1. The fourth-order valence-electron chi connectivity index (χ4n) is 2.05. The van der Waals surface area contributed by atoms with Crippen LogP contribution < -0.4 is 10.5 Å². The number of methoxy groups -OCH3 is 1. The van der Waals surface area contributed by atoms with Gasteiger partial charge in [0.15, 0.2) is 0 Å². The van der Waals surface area contributed by atoms with Crippen molar-refractivity contribution in [2.45, 2.75) is 26.3 Å². The van der Waals surface area contributed by atoms with Crippen molar-refractivity contribution in [2.24, 2.45) is 5.73 Å². The molecule has 0 aliphatic heterocycles. The smallest absolute Gasteiger partial charge is 0.288 e. The molecular formula is C14H17ClN4O2. The van der Waals surface area contributed by atoms with E-state index in [1.807, 2.05) is 19.1 Å². The molecule has 1 heterocycles. The maximum absolute atomic E-state index is 11.2. The van der Waals surface area contributed by atoms with Gasteiger partial charge >= 0.3 is 0 Å². The van der Waals surface area contributed by atoms with Crippen molar-refractivity contribution in [2.75, 3.05) is 7.11 Å². The molecule has 7 heteroatoms. The summed E-state index contributed by atoms with van der Waals surface area (Å²) in [5, 5.41) is 4.73. The van der Waals surface area contributed by atoms with E-state index in [-0.39, 0.29) is 5.82 Å². The highest BCUT2D eigenvalue weighted by Crippen LogP contribution is 2.27. The molecule has 112 valence electrons. The molecule has 2 N–H and O–H groups in total. The molecule has 0 spiro atoms. The predicted molar refractivity (Wildman–Crippen MR) is 79.6 cm³/mol. The summed E-state index contributed by atoms with van der Waals surface area (Å²) in [6.45, 7) is 2.40. The van der Waals surface area contributed by atoms with Crippen LogP contribution in [0.3, 0.4) is 0 Å². The Morgan fingerprint density at radius 2 is 2.24 bits per heavy atom. The number of primary amides is 1. The van der Waals surface area contributed by atoms with Crippen molar-refractivity contribution >= 4 is 17.5 Å². The summed E-state index contributed by atoms with van der Waals surface area (Å²) in [6, 6.07) is 5.42. The van der Waals surface area contributed by atoms with Gasteiger partial charge in [0.2, 0.25) is 5.82 Å². The normalized spacial score (nSPS) is 10.6. The van der Waals surface area contributed by atoms with Gasteiger partial charge in [-0.05, 0) is 18.6 Å². The van der Waals surface area contributed by atoms with E-state index in [1.54, 1.807) is 17.9 Å². The molecule has 1 aromatic carbocycles. The van der Waals surface area contributed by atoms with Crippen molar-refractivity contribution in [3.05, 3.63) is 40.4 Å². The maximum atomic E-state index is 11.2. The first-order valence-corrected chi connectivity index (χ1v) is 6.99. The molecule has 21 heavy (non-hydrogen) atoms. The average molecular weight is 309 g/mol. The molecule has 2 aromatic rings. The second kappa shape index (κ2) is 6.58. The van der Waals surface area contributed by atoms with Gasteiger partial charge in [0.1, 0.15) is 11.6 Å². The number of carbonyl (C=O) groups excluding carboxylic acids is 1. The molecule has 0 radical (unpaired) electrons. The number of ether oxygens (including phenoxy) is 1. The summed E-state index contributed by atoms with van der Waals surface area (Å²) >= 11 is 6.22. The lowest BCUT2D eigenvalue weighted by Gasteiger charge is -2.11. The number of nitrogens with zero attached hydrogens (tertiary/aromatic N) is 3. The van der Waals surface area contributed by atoms with E-state index in [2.05, 4.69) is 10.1 Å². The maximum Gasteiger partial charge on any atom is 0.288 e. The Morgan fingerprint density at radius 3 is 2.86 bits per heavy atom. The van der Waals surface area contributed by atoms with Crippen LogP contribution in [-0.4, -0.2) is 27.8 Å². The molecule has 6 nitrogen and oxygen atoms in total. The van der Waals surface area contributed by atoms with Gasteiger partial charge in [-0.25, -0.2) is 9.67 Å². The molecule has 1 amide bonds. The molecule has 0 saturated heterocycles. The zero-order valence-electron chi connectivity index (χ0n) is 12.0. The fourth-order valence-corrected chi connectivity index (χ4v) is 2.27. The lowest BCUT2D eigenvalue weighted by atomic mass is 10.2. The van der Waals surface area contributed by atoms with Gasteiger partial charge < -0.3 is 10.5 Å². The van der Waals surface area contributed by atoms with Gasteiger partial charge in [-0.15, -0.1) is 5.10 Å². The monoisotopic (exact) mass is 308 g/mol. The van der Waals surface area contributed by atoms with Crippen molar-refractivity contribution in [3.63, 3.8) is 0 Å². The quantitative estimate of drug-likeness (QED) is 0.885. The number of carbonyl (C=O) groups is 1. The van der Waals surface area contributed by atoms with Gasteiger partial charge in [0.05, 0.1) is 13.7 Å². The van der Waals surface area contributed by atoms with Crippen molar-refractivity contribution in [1.82, 2.24) is 14.8 Å². The minimum absolute atomic E-state index is 0.0180. The zero-order valence-corrected chi connectivity index (χ0v) is 12.7. The minimum Gasteiger partial charge on any atom is -0.496 e. The molecule has 1 aromatic heterocycles. The number of hydrogen-bond donors (Lipinski definition) is 1. The van der Waals surface area contributed by atoms with Gasteiger partial charge in [-0.3, -0.25) is 4.79 Å². The first kappa shape index (κ1) is 15.3. The zero-order chi connectivity index (χ0) is 15.4. The number of rotatable bonds is 6. The van der Waals surface area contributed by atoms with E-state index < -0.39 is 5.91 Å². The van der Waals surface area contributed by atoms with Crippen molar-refractivity contribution in [3.8, 4) is 5.75 Å². The summed E-state index contributed by atoms with van der Waals surface area (Å²) in [4.78, 5) is 15.4. The van der Waals surface area contributed by atoms with Crippen LogP contribution in [-0.2, 0) is 13.0 Å². The van der Waals surface area contributed by atoms with E-state index in [4.69, 9.17) is 22.1 Å². The lowest BCUT2D eigenvalue weighted by molar-refractivity contribution is 0.0990. The molecule has 0 fully saturated rings. The van der Waals surface area contributed by atoms with Crippen LogP contribution in [0.5, 0.6) is 5.75 Å². The van der Waals surface area contributed by atoms with Gasteiger partial charge in [0.25, 0.3) is 5.91 Å². The van der Waals surface area contributed by atoms with Crippen molar-refractivity contribution in [1.29, 1.82) is 0 Å². The number of aromatic nitrogens is 3. The lowest BCUT2D eigenvalue weighted by Crippen LogP contribution is -2.14. The van der Waals surface area contributed by atoms with E-state index >= 15 is 0 Å². The van der Waals surface area contributed by atoms with Crippen LogP contribution in [0.2, 0.25) is 5.02 Å². The van der Waals surface area contributed by atoms with Crippen molar-refractivity contribution < 1.29 is 9.53 Å². The van der Waals surface area contributed by atoms with Crippen LogP contribution in [0.15, 0.2) is 18.2 Å². The van der Waals surface area contributed by atoms with Crippen LogP contribution in [0, 0.1) is 0 Å². The Bertz CT molecular complexity index is 654. The summed E-state index contributed by atoms with van der Waals surface area (Å²) < 4.78 is 6.96. The Kier molecular flexibility index (Phi) is 4.80. The number of hydrogen-bond acceptors (Lipinski definition) is 4. The SMILES string of the molecule is CCCc1nc(C(N)=O)nn1Cc1c(Cl)cccc1OC. The van der Waals surface area contributed by atoms with Gasteiger partial charge in [0, 0.05) is 17.0 Å². The Balaban J connectivity index is 2.41. The highest BCUT2D eigenvalue weighted by molar-refractivity contribution is 6.31. The standard InChI is InChI=1S/C14H17ClN4O2/c1-3-5-12-17-14(13(16)20)18-19(12)8-9-10(15)6-4-7-11(9)21-2/h4,6-7H,3,5,8H2,1-2H3,(H2,16,20). The summed E-state index contributed by atoms with van der Waals surface area (Å²) in [5.41, 5.74) is 6.04. The molecule has 0 unspecified atom stereocenters. The fraction of sp³-hybridized carbons (Fsp3) is 0.357. The minimum atomic E-state index is -0.641. The van der Waals surface area contributed by atoms with E-state index in [0.717, 1.165) is 12.0 Å². The number of halogens is 1. The molecule has 0 bridgehead atoms. The van der Waals surface area contributed by atoms with Gasteiger partial charge in [-0.1, -0.05) is 24.6 Å². The van der Waals surface area contributed by atoms with Gasteiger partial charge in [-0.2, -0.15) is 0 Å². The average Bonchev–Trinajstić information content (AvgIpc) is 2.85. The van der Waals surface area contributed by atoms with Crippen LogP contribution in [0.1, 0.15) is 35.4 Å². The second-order valence-electron chi connectivity index (χ2n) is 4.54. The summed E-state index contributed by atoms with van der Waals surface area (Å²) in [6.07, 6.45) is 1.59.